The van der Waals surface area contributed by atoms with Crippen molar-refractivity contribution in [2.24, 2.45) is 0 Å². The van der Waals surface area contributed by atoms with E-state index in [-0.39, 0.29) is 0 Å². The molecule has 5 heteroatoms. The second kappa shape index (κ2) is 4.98. The molecule has 0 atom stereocenters. The van der Waals surface area contributed by atoms with Crippen LogP contribution in [0.1, 0.15) is 24.5 Å². The van der Waals surface area contributed by atoms with E-state index in [2.05, 4.69) is 0 Å². The zero-order valence-corrected chi connectivity index (χ0v) is 12.4. The first-order chi connectivity index (χ1) is 8.82. The summed E-state index contributed by atoms with van der Waals surface area (Å²) in [6.07, 6.45) is 2.76. The molecule has 0 fully saturated rings. The van der Waals surface area contributed by atoms with Gasteiger partial charge in [-0.05, 0) is 50.5 Å². The van der Waals surface area contributed by atoms with Gasteiger partial charge in [-0.25, -0.2) is 8.42 Å². The van der Waals surface area contributed by atoms with Crippen LogP contribution in [0.25, 0.3) is 0 Å². The highest BCUT2D eigenvalue weighted by molar-refractivity contribution is 7.89. The first-order valence-corrected chi connectivity index (χ1v) is 7.79. The molecule has 4 nitrogen and oxygen atoms in total. The molecular formula is C14H20N2O2S. The van der Waals surface area contributed by atoms with Crippen molar-refractivity contribution in [1.82, 2.24) is 4.31 Å². The Morgan fingerprint density at radius 2 is 1.89 bits per heavy atom. The zero-order valence-electron chi connectivity index (χ0n) is 11.6. The Bertz CT molecular complexity index is 633. The molecule has 0 amide bonds. The number of nitrogens with zero attached hydrogens (tertiary/aromatic N) is 1. The molecule has 104 valence electrons. The van der Waals surface area contributed by atoms with Gasteiger partial charge in [0.15, 0.2) is 0 Å². The van der Waals surface area contributed by atoms with E-state index in [1.807, 2.05) is 26.8 Å². The van der Waals surface area contributed by atoms with Gasteiger partial charge in [-0.1, -0.05) is 11.6 Å². The number of nitrogen functional groups attached to an aromatic ring is 1. The van der Waals surface area contributed by atoms with Crippen LogP contribution < -0.4 is 5.73 Å². The first kappa shape index (κ1) is 14.1. The van der Waals surface area contributed by atoms with Gasteiger partial charge in [0.05, 0.1) is 4.90 Å². The number of rotatable bonds is 2. The molecule has 1 aliphatic rings. The van der Waals surface area contributed by atoms with Crippen LogP contribution in [0.2, 0.25) is 0 Å². The third kappa shape index (κ3) is 2.67. The van der Waals surface area contributed by atoms with Crippen LogP contribution in [-0.4, -0.2) is 25.8 Å². The minimum atomic E-state index is -3.45. The minimum absolute atomic E-state index is 0.331. The number of aryl methyl sites for hydroxylation is 1. The van der Waals surface area contributed by atoms with Crippen molar-refractivity contribution in [2.45, 2.75) is 32.1 Å². The van der Waals surface area contributed by atoms with E-state index < -0.39 is 10.0 Å². The predicted molar refractivity (Wildman–Crippen MR) is 77.5 cm³/mol. The maximum atomic E-state index is 12.7. The minimum Gasteiger partial charge on any atom is -0.399 e. The quantitative estimate of drug-likeness (QED) is 0.667. The molecule has 0 spiro atoms. The van der Waals surface area contributed by atoms with E-state index in [4.69, 9.17) is 5.73 Å². The van der Waals surface area contributed by atoms with Gasteiger partial charge in [-0.2, -0.15) is 4.31 Å². The van der Waals surface area contributed by atoms with Crippen molar-refractivity contribution in [3.05, 3.63) is 34.9 Å². The average Bonchev–Trinajstić information content (AvgIpc) is 2.34. The summed E-state index contributed by atoms with van der Waals surface area (Å²) in [5, 5.41) is 0. The third-order valence-electron chi connectivity index (χ3n) is 3.66. The molecule has 0 radical (unpaired) electrons. The van der Waals surface area contributed by atoms with Crippen molar-refractivity contribution in [1.29, 1.82) is 0 Å². The first-order valence-electron chi connectivity index (χ1n) is 6.35. The van der Waals surface area contributed by atoms with Gasteiger partial charge in [0, 0.05) is 18.8 Å². The Kier molecular flexibility index (Phi) is 3.69. The van der Waals surface area contributed by atoms with Gasteiger partial charge >= 0.3 is 0 Å². The molecule has 0 aromatic heterocycles. The summed E-state index contributed by atoms with van der Waals surface area (Å²) in [5.41, 5.74) is 9.20. The highest BCUT2D eigenvalue weighted by Crippen LogP contribution is 2.27. The molecule has 2 rings (SSSR count). The van der Waals surface area contributed by atoms with Gasteiger partial charge in [0.1, 0.15) is 0 Å². The van der Waals surface area contributed by atoms with Crippen molar-refractivity contribution >= 4 is 15.7 Å². The summed E-state index contributed by atoms with van der Waals surface area (Å²) in [6.45, 7) is 6.72. The van der Waals surface area contributed by atoms with Gasteiger partial charge < -0.3 is 5.73 Å². The molecule has 0 saturated heterocycles. The highest BCUT2D eigenvalue weighted by atomic mass is 32.2. The zero-order chi connectivity index (χ0) is 14.2. The normalized spacial score (nSPS) is 17.3. The number of nitrogens with two attached hydrogens (primary N) is 1. The SMILES string of the molecule is CC1=CCN(S(=O)(=O)c2cc(N)cc(C)c2C)CC1. The monoisotopic (exact) mass is 280 g/mol. The lowest BCUT2D eigenvalue weighted by atomic mass is 10.1. The number of hydrogen-bond donors (Lipinski definition) is 1. The van der Waals surface area contributed by atoms with Gasteiger partial charge in [0.25, 0.3) is 0 Å². The Morgan fingerprint density at radius 3 is 2.47 bits per heavy atom. The molecule has 0 bridgehead atoms. The van der Waals surface area contributed by atoms with E-state index in [0.717, 1.165) is 17.5 Å². The molecule has 1 aromatic carbocycles. The maximum absolute atomic E-state index is 12.7. The molecule has 19 heavy (non-hydrogen) atoms. The number of benzene rings is 1. The van der Waals surface area contributed by atoms with Gasteiger partial charge in [0.2, 0.25) is 10.0 Å². The lowest BCUT2D eigenvalue weighted by molar-refractivity contribution is 0.431. The number of anilines is 1. The summed E-state index contributed by atoms with van der Waals surface area (Å²) in [4.78, 5) is 0.331. The summed E-state index contributed by atoms with van der Waals surface area (Å²) in [6, 6.07) is 3.36. The fraction of sp³-hybridized carbons (Fsp3) is 0.429. The Hall–Kier alpha value is -1.33. The molecule has 0 unspecified atom stereocenters. The van der Waals surface area contributed by atoms with E-state index in [9.17, 15) is 8.42 Å². The summed E-state index contributed by atoms with van der Waals surface area (Å²) < 4.78 is 26.8. The molecular weight excluding hydrogens is 260 g/mol. The van der Waals surface area contributed by atoms with E-state index in [1.165, 1.54) is 9.88 Å². The van der Waals surface area contributed by atoms with Crippen molar-refractivity contribution in [3.63, 3.8) is 0 Å². The third-order valence-corrected chi connectivity index (χ3v) is 5.65. The molecule has 1 aromatic rings. The standard InChI is InChI=1S/C14H20N2O2S/c1-10-4-6-16(7-5-10)19(17,18)14-9-13(15)8-11(2)12(14)3/h4,8-9H,5-7,15H2,1-3H3. The molecule has 1 heterocycles. The number of hydrogen-bond acceptors (Lipinski definition) is 3. The topological polar surface area (TPSA) is 63.4 Å². The lowest BCUT2D eigenvalue weighted by Gasteiger charge is -2.26. The highest BCUT2D eigenvalue weighted by Gasteiger charge is 2.27. The summed E-state index contributed by atoms with van der Waals surface area (Å²) in [5.74, 6) is 0. The molecule has 2 N–H and O–H groups in total. The summed E-state index contributed by atoms with van der Waals surface area (Å²) >= 11 is 0. The van der Waals surface area contributed by atoms with Crippen LogP contribution in [0.3, 0.4) is 0 Å². The average molecular weight is 280 g/mol. The van der Waals surface area contributed by atoms with Gasteiger partial charge in [-0.15, -0.1) is 0 Å². The molecule has 1 aliphatic heterocycles. The largest absolute Gasteiger partial charge is 0.399 e. The Morgan fingerprint density at radius 1 is 1.21 bits per heavy atom. The van der Waals surface area contributed by atoms with Crippen LogP contribution in [0, 0.1) is 13.8 Å². The Balaban J connectivity index is 2.46. The molecule has 0 aliphatic carbocycles. The van der Waals surface area contributed by atoms with Crippen LogP contribution in [-0.2, 0) is 10.0 Å². The maximum Gasteiger partial charge on any atom is 0.243 e. The lowest BCUT2D eigenvalue weighted by Crippen LogP contribution is -2.35. The fourth-order valence-corrected chi connectivity index (χ4v) is 3.94. The summed E-state index contributed by atoms with van der Waals surface area (Å²) in [7, 11) is -3.45. The van der Waals surface area contributed by atoms with Crippen LogP contribution in [0.4, 0.5) is 5.69 Å². The molecule has 0 saturated carbocycles. The van der Waals surface area contributed by atoms with Crippen molar-refractivity contribution in [3.8, 4) is 0 Å². The predicted octanol–water partition coefficient (Wildman–Crippen LogP) is 2.23. The van der Waals surface area contributed by atoms with Crippen LogP contribution in [0.15, 0.2) is 28.7 Å². The van der Waals surface area contributed by atoms with Crippen LogP contribution in [0.5, 0.6) is 0 Å². The smallest absolute Gasteiger partial charge is 0.243 e. The van der Waals surface area contributed by atoms with Crippen molar-refractivity contribution < 1.29 is 8.42 Å². The van der Waals surface area contributed by atoms with E-state index >= 15 is 0 Å². The van der Waals surface area contributed by atoms with Gasteiger partial charge in [-0.3, -0.25) is 0 Å². The van der Waals surface area contributed by atoms with Crippen LogP contribution >= 0.6 is 0 Å². The Labute approximate surface area is 115 Å². The van der Waals surface area contributed by atoms with E-state index in [0.29, 0.717) is 23.7 Å². The van der Waals surface area contributed by atoms with Crippen molar-refractivity contribution in [2.75, 3.05) is 18.8 Å². The second-order valence-corrected chi connectivity index (χ2v) is 7.03. The van der Waals surface area contributed by atoms with E-state index in [1.54, 1.807) is 12.1 Å². The fourth-order valence-electron chi connectivity index (χ4n) is 2.23. The number of sulfonamides is 1. The second-order valence-electron chi connectivity index (χ2n) is 5.12.